The Morgan fingerprint density at radius 1 is 1.17 bits per heavy atom. The number of ether oxygens (including phenoxy) is 2. The highest BCUT2D eigenvalue weighted by Crippen LogP contribution is 2.35. The van der Waals surface area contributed by atoms with Gasteiger partial charge in [-0.15, -0.1) is 0 Å². The van der Waals surface area contributed by atoms with Crippen LogP contribution < -0.4 is 14.8 Å². The molecule has 0 fully saturated rings. The van der Waals surface area contributed by atoms with Crippen LogP contribution in [0.25, 0.3) is 0 Å². The summed E-state index contributed by atoms with van der Waals surface area (Å²) in [4.78, 5) is 8.51. The number of anilines is 2. The van der Waals surface area contributed by atoms with E-state index >= 15 is 0 Å². The molecule has 18 heavy (non-hydrogen) atoms. The molecule has 0 bridgehead atoms. The normalized spacial score (nSPS) is 12.6. The van der Waals surface area contributed by atoms with Gasteiger partial charge in [-0.05, 0) is 26.0 Å². The van der Waals surface area contributed by atoms with Gasteiger partial charge in [0.15, 0.2) is 11.5 Å². The van der Waals surface area contributed by atoms with Gasteiger partial charge in [-0.3, -0.25) is 0 Å². The molecule has 92 valence electrons. The lowest BCUT2D eigenvalue weighted by Gasteiger charge is -2.09. The van der Waals surface area contributed by atoms with E-state index in [4.69, 9.17) is 9.47 Å². The van der Waals surface area contributed by atoms with Gasteiger partial charge in [0.1, 0.15) is 11.6 Å². The second-order valence-corrected chi connectivity index (χ2v) is 4.14. The van der Waals surface area contributed by atoms with Gasteiger partial charge in [-0.1, -0.05) is 0 Å². The molecule has 2 aromatic rings. The number of hydrogen-bond acceptors (Lipinski definition) is 5. The first kappa shape index (κ1) is 10.8. The first-order valence-corrected chi connectivity index (χ1v) is 5.69. The molecule has 0 amide bonds. The zero-order valence-electron chi connectivity index (χ0n) is 10.2. The van der Waals surface area contributed by atoms with Crippen LogP contribution in [0.15, 0.2) is 24.4 Å². The Bertz CT molecular complexity index is 599. The van der Waals surface area contributed by atoms with E-state index in [0.717, 1.165) is 34.4 Å². The van der Waals surface area contributed by atoms with E-state index in [9.17, 15) is 0 Å². The van der Waals surface area contributed by atoms with Crippen LogP contribution in [0.4, 0.5) is 11.5 Å². The number of hydrogen-bond donors (Lipinski definition) is 1. The van der Waals surface area contributed by atoms with Gasteiger partial charge in [0.2, 0.25) is 6.79 Å². The summed E-state index contributed by atoms with van der Waals surface area (Å²) in [7, 11) is 0. The molecule has 0 atom stereocenters. The number of rotatable bonds is 2. The average molecular weight is 243 g/mol. The molecule has 0 spiro atoms. The fraction of sp³-hybridized carbons (Fsp3) is 0.231. The molecule has 0 unspecified atom stereocenters. The van der Waals surface area contributed by atoms with Crippen LogP contribution in [0, 0.1) is 13.8 Å². The van der Waals surface area contributed by atoms with Gasteiger partial charge < -0.3 is 14.8 Å². The number of aryl methyl sites for hydroxylation is 2. The lowest BCUT2D eigenvalue weighted by molar-refractivity contribution is 0.174. The predicted molar refractivity (Wildman–Crippen MR) is 67.4 cm³/mol. The number of nitrogens with one attached hydrogen (secondary N) is 1. The van der Waals surface area contributed by atoms with Crippen LogP contribution >= 0.6 is 0 Å². The molecule has 3 rings (SSSR count). The highest BCUT2D eigenvalue weighted by molar-refractivity contribution is 5.63. The summed E-state index contributed by atoms with van der Waals surface area (Å²) in [5.74, 6) is 3.07. The van der Waals surface area contributed by atoms with Crippen LogP contribution in [0.5, 0.6) is 11.5 Å². The molecule has 1 aromatic heterocycles. The summed E-state index contributed by atoms with van der Waals surface area (Å²) in [6.45, 7) is 4.11. The summed E-state index contributed by atoms with van der Waals surface area (Å²) in [6.07, 6.45) is 1.80. The van der Waals surface area contributed by atoms with E-state index in [1.807, 2.05) is 32.0 Å². The minimum Gasteiger partial charge on any atom is -0.454 e. The van der Waals surface area contributed by atoms with Crippen LogP contribution in [-0.2, 0) is 0 Å². The van der Waals surface area contributed by atoms with E-state index in [2.05, 4.69) is 15.3 Å². The van der Waals surface area contributed by atoms with Gasteiger partial charge in [-0.2, -0.15) is 0 Å². The Morgan fingerprint density at radius 2 is 2.00 bits per heavy atom. The van der Waals surface area contributed by atoms with Crippen molar-refractivity contribution in [1.29, 1.82) is 0 Å². The van der Waals surface area contributed by atoms with E-state index in [0.29, 0.717) is 0 Å². The SMILES string of the molecule is Cc1ncc(C)c(Nc2ccc3c(c2)OCO3)n1. The lowest BCUT2D eigenvalue weighted by Crippen LogP contribution is -1.99. The fourth-order valence-corrected chi connectivity index (χ4v) is 1.77. The molecule has 1 aliphatic heterocycles. The zero-order chi connectivity index (χ0) is 12.5. The summed E-state index contributed by atoms with van der Waals surface area (Å²) in [5.41, 5.74) is 1.92. The maximum absolute atomic E-state index is 5.34. The molecule has 0 saturated carbocycles. The highest BCUT2D eigenvalue weighted by Gasteiger charge is 2.13. The summed E-state index contributed by atoms with van der Waals surface area (Å²) < 4.78 is 10.6. The van der Waals surface area contributed by atoms with Gasteiger partial charge in [0.25, 0.3) is 0 Å². The maximum atomic E-state index is 5.34. The Kier molecular flexibility index (Phi) is 2.51. The van der Waals surface area contributed by atoms with Crippen molar-refractivity contribution >= 4 is 11.5 Å². The Labute approximate surface area is 105 Å². The van der Waals surface area contributed by atoms with E-state index < -0.39 is 0 Å². The van der Waals surface area contributed by atoms with Crippen LogP contribution in [0.2, 0.25) is 0 Å². The summed E-state index contributed by atoms with van der Waals surface area (Å²) in [5, 5.41) is 3.26. The third-order valence-corrected chi connectivity index (χ3v) is 2.73. The third kappa shape index (κ3) is 1.95. The fourth-order valence-electron chi connectivity index (χ4n) is 1.77. The number of benzene rings is 1. The predicted octanol–water partition coefficient (Wildman–Crippen LogP) is 2.57. The monoisotopic (exact) mass is 243 g/mol. The molecular formula is C13H13N3O2. The molecular weight excluding hydrogens is 230 g/mol. The minimum atomic E-state index is 0.282. The van der Waals surface area contributed by atoms with Crippen molar-refractivity contribution in [2.24, 2.45) is 0 Å². The van der Waals surface area contributed by atoms with Gasteiger partial charge in [0, 0.05) is 23.5 Å². The topological polar surface area (TPSA) is 56.3 Å². The first-order chi connectivity index (χ1) is 8.72. The zero-order valence-corrected chi connectivity index (χ0v) is 10.2. The summed E-state index contributed by atoms with van der Waals surface area (Å²) >= 11 is 0. The number of fused-ring (bicyclic) bond motifs is 1. The third-order valence-electron chi connectivity index (χ3n) is 2.73. The molecule has 5 nitrogen and oxygen atoms in total. The molecule has 0 saturated heterocycles. The second-order valence-electron chi connectivity index (χ2n) is 4.14. The van der Waals surface area contributed by atoms with Crippen molar-refractivity contribution < 1.29 is 9.47 Å². The number of aromatic nitrogens is 2. The van der Waals surface area contributed by atoms with Crippen molar-refractivity contribution in [3.05, 3.63) is 35.8 Å². The first-order valence-electron chi connectivity index (χ1n) is 5.69. The smallest absolute Gasteiger partial charge is 0.231 e. The number of nitrogens with zero attached hydrogens (tertiary/aromatic N) is 2. The van der Waals surface area contributed by atoms with Crippen molar-refractivity contribution in [2.45, 2.75) is 13.8 Å². The second kappa shape index (κ2) is 4.18. The largest absolute Gasteiger partial charge is 0.454 e. The Hall–Kier alpha value is -2.30. The van der Waals surface area contributed by atoms with E-state index in [1.54, 1.807) is 6.20 Å². The van der Waals surface area contributed by atoms with Crippen molar-refractivity contribution in [2.75, 3.05) is 12.1 Å². The van der Waals surface area contributed by atoms with Crippen molar-refractivity contribution in [3.63, 3.8) is 0 Å². The van der Waals surface area contributed by atoms with E-state index in [-0.39, 0.29) is 6.79 Å². The van der Waals surface area contributed by atoms with Gasteiger partial charge in [-0.25, -0.2) is 9.97 Å². The van der Waals surface area contributed by atoms with Crippen LogP contribution in [-0.4, -0.2) is 16.8 Å². The molecule has 1 aromatic carbocycles. The average Bonchev–Trinajstić information content (AvgIpc) is 2.81. The molecule has 1 N–H and O–H groups in total. The molecule has 2 heterocycles. The van der Waals surface area contributed by atoms with Crippen LogP contribution in [0.3, 0.4) is 0 Å². The minimum absolute atomic E-state index is 0.282. The Balaban J connectivity index is 1.90. The van der Waals surface area contributed by atoms with Crippen molar-refractivity contribution in [1.82, 2.24) is 9.97 Å². The van der Waals surface area contributed by atoms with Gasteiger partial charge in [0.05, 0.1) is 0 Å². The quantitative estimate of drug-likeness (QED) is 0.878. The lowest BCUT2D eigenvalue weighted by atomic mass is 10.2. The standard InChI is InChI=1S/C13H13N3O2/c1-8-6-14-9(2)15-13(8)16-10-3-4-11-12(5-10)18-7-17-11/h3-6H,7H2,1-2H3,(H,14,15,16). The van der Waals surface area contributed by atoms with E-state index in [1.165, 1.54) is 0 Å². The maximum Gasteiger partial charge on any atom is 0.231 e. The van der Waals surface area contributed by atoms with Crippen molar-refractivity contribution in [3.8, 4) is 11.5 Å². The molecule has 1 aliphatic rings. The van der Waals surface area contributed by atoms with Gasteiger partial charge >= 0.3 is 0 Å². The molecule has 5 heteroatoms. The van der Waals surface area contributed by atoms with Crippen LogP contribution in [0.1, 0.15) is 11.4 Å². The summed E-state index contributed by atoms with van der Waals surface area (Å²) in [6, 6.07) is 5.72. The highest BCUT2D eigenvalue weighted by atomic mass is 16.7. The molecule has 0 aliphatic carbocycles. The Morgan fingerprint density at radius 3 is 2.89 bits per heavy atom. The molecule has 0 radical (unpaired) electrons.